The largest absolute Gasteiger partial charge is 0.381 e. The third kappa shape index (κ3) is 5.46. The molecule has 0 saturated carbocycles. The molecule has 1 fully saturated rings. The number of hydrogen-bond donors (Lipinski definition) is 0. The average molecular weight is 384 g/mol. The van der Waals surface area contributed by atoms with Crippen LogP contribution >= 0.6 is 0 Å². The Labute approximate surface area is 166 Å². The predicted octanol–water partition coefficient (Wildman–Crippen LogP) is 4.07. The molecule has 4 nitrogen and oxygen atoms in total. The van der Waals surface area contributed by atoms with Crippen LogP contribution in [0.2, 0.25) is 0 Å². The number of aryl methyl sites for hydroxylation is 2. The summed E-state index contributed by atoms with van der Waals surface area (Å²) in [5.41, 5.74) is 2.75. The Morgan fingerprint density at radius 2 is 2.04 bits per heavy atom. The summed E-state index contributed by atoms with van der Waals surface area (Å²) in [6.07, 6.45) is 4.52. The van der Waals surface area contributed by atoms with Gasteiger partial charge in [-0.15, -0.1) is 0 Å². The molecular formula is C23H29FN2O2. The number of nitrogens with zero attached hydrogens (tertiary/aromatic N) is 2. The van der Waals surface area contributed by atoms with Crippen molar-refractivity contribution in [3.63, 3.8) is 0 Å². The van der Waals surface area contributed by atoms with Gasteiger partial charge in [-0.25, -0.2) is 4.39 Å². The smallest absolute Gasteiger partial charge is 0.178 e. The Morgan fingerprint density at radius 3 is 2.71 bits per heavy atom. The summed E-state index contributed by atoms with van der Waals surface area (Å²) in [6.45, 7) is 7.45. The number of Topliss-reactive ketones (excluding diaryl/α,β-unsaturated/α-hetero) is 1. The minimum Gasteiger partial charge on any atom is -0.381 e. The molecule has 0 radical (unpaired) electrons. The highest BCUT2D eigenvalue weighted by Crippen LogP contribution is 2.36. The number of aromatic nitrogens is 1. The SMILES string of the molecule is CCOCC1(CCc2ccc(F)cc2)CCN(CC(=O)c2ccc(C)nc2)C1. The molecule has 1 aromatic heterocycles. The molecule has 28 heavy (non-hydrogen) atoms. The van der Waals surface area contributed by atoms with Crippen LogP contribution in [0.3, 0.4) is 0 Å². The van der Waals surface area contributed by atoms with Gasteiger partial charge in [0.25, 0.3) is 0 Å². The summed E-state index contributed by atoms with van der Waals surface area (Å²) in [5, 5.41) is 0. The second kappa shape index (κ2) is 9.39. The summed E-state index contributed by atoms with van der Waals surface area (Å²) in [7, 11) is 0. The molecule has 1 saturated heterocycles. The molecule has 5 heteroatoms. The Hall–Kier alpha value is -2.11. The molecule has 0 spiro atoms. The van der Waals surface area contributed by atoms with Crippen LogP contribution < -0.4 is 0 Å². The van der Waals surface area contributed by atoms with Crippen molar-refractivity contribution in [2.75, 3.05) is 32.8 Å². The van der Waals surface area contributed by atoms with E-state index in [1.807, 2.05) is 38.1 Å². The van der Waals surface area contributed by atoms with E-state index in [4.69, 9.17) is 4.74 Å². The molecule has 0 amide bonds. The van der Waals surface area contributed by atoms with Gasteiger partial charge in [-0.1, -0.05) is 12.1 Å². The van der Waals surface area contributed by atoms with Gasteiger partial charge in [0.1, 0.15) is 5.82 Å². The van der Waals surface area contributed by atoms with E-state index in [-0.39, 0.29) is 17.0 Å². The van der Waals surface area contributed by atoms with Crippen LogP contribution in [0.25, 0.3) is 0 Å². The summed E-state index contributed by atoms with van der Waals surface area (Å²) < 4.78 is 18.9. The second-order valence-corrected chi connectivity index (χ2v) is 7.84. The maximum absolute atomic E-state index is 13.1. The standard InChI is InChI=1S/C23H29FN2O2/c1-3-28-17-23(11-10-19-5-8-21(24)9-6-19)12-13-26(16-23)15-22(27)20-7-4-18(2)25-14-20/h4-9,14H,3,10-13,15-17H2,1-2H3. The number of rotatable bonds is 9. The van der Waals surface area contributed by atoms with Gasteiger partial charge in [-0.3, -0.25) is 14.7 Å². The van der Waals surface area contributed by atoms with E-state index in [1.165, 1.54) is 12.1 Å². The van der Waals surface area contributed by atoms with Crippen molar-refractivity contribution in [3.05, 3.63) is 65.2 Å². The van der Waals surface area contributed by atoms with Crippen molar-refractivity contribution < 1.29 is 13.9 Å². The molecular weight excluding hydrogens is 355 g/mol. The lowest BCUT2D eigenvalue weighted by atomic mass is 9.82. The van der Waals surface area contributed by atoms with Gasteiger partial charge in [0.2, 0.25) is 0 Å². The van der Waals surface area contributed by atoms with Crippen molar-refractivity contribution in [1.82, 2.24) is 9.88 Å². The highest BCUT2D eigenvalue weighted by Gasteiger charge is 2.38. The number of ketones is 1. The zero-order valence-corrected chi connectivity index (χ0v) is 16.8. The van der Waals surface area contributed by atoms with Gasteiger partial charge >= 0.3 is 0 Å². The minimum atomic E-state index is -0.205. The van der Waals surface area contributed by atoms with E-state index in [1.54, 1.807) is 6.20 Å². The van der Waals surface area contributed by atoms with E-state index in [9.17, 15) is 9.18 Å². The van der Waals surface area contributed by atoms with Crippen molar-refractivity contribution in [2.45, 2.75) is 33.1 Å². The molecule has 0 aliphatic carbocycles. The van der Waals surface area contributed by atoms with Crippen LogP contribution in [0, 0.1) is 18.2 Å². The van der Waals surface area contributed by atoms with Gasteiger partial charge in [0, 0.05) is 36.0 Å². The summed E-state index contributed by atoms with van der Waals surface area (Å²) in [4.78, 5) is 19.1. The normalized spacial score (nSPS) is 19.8. The van der Waals surface area contributed by atoms with Crippen LogP contribution in [0.15, 0.2) is 42.6 Å². The van der Waals surface area contributed by atoms with Gasteiger partial charge < -0.3 is 4.74 Å². The Balaban J connectivity index is 1.61. The van der Waals surface area contributed by atoms with Crippen molar-refractivity contribution >= 4 is 5.78 Å². The molecule has 2 aromatic rings. The van der Waals surface area contributed by atoms with Crippen LogP contribution in [0.4, 0.5) is 4.39 Å². The molecule has 1 unspecified atom stereocenters. The number of carbonyl (C=O) groups is 1. The average Bonchev–Trinajstić information content (AvgIpc) is 3.09. The Bertz CT molecular complexity index is 776. The Morgan fingerprint density at radius 1 is 1.25 bits per heavy atom. The minimum absolute atomic E-state index is 0.0379. The highest BCUT2D eigenvalue weighted by atomic mass is 19.1. The van der Waals surface area contributed by atoms with Gasteiger partial charge in [-0.05, 0) is 69.5 Å². The maximum Gasteiger partial charge on any atom is 0.178 e. The fourth-order valence-electron chi connectivity index (χ4n) is 3.86. The van der Waals surface area contributed by atoms with Crippen molar-refractivity contribution in [2.24, 2.45) is 5.41 Å². The molecule has 1 aliphatic heterocycles. The topological polar surface area (TPSA) is 42.4 Å². The lowest BCUT2D eigenvalue weighted by molar-refractivity contribution is 0.0490. The third-order valence-corrected chi connectivity index (χ3v) is 5.59. The zero-order chi connectivity index (χ0) is 20.0. The summed E-state index contributed by atoms with van der Waals surface area (Å²) >= 11 is 0. The highest BCUT2D eigenvalue weighted by molar-refractivity contribution is 5.97. The van der Waals surface area contributed by atoms with E-state index in [0.29, 0.717) is 25.3 Å². The summed E-state index contributed by atoms with van der Waals surface area (Å²) in [5.74, 6) is -0.0952. The number of pyridine rings is 1. The van der Waals surface area contributed by atoms with Gasteiger partial charge in [0.15, 0.2) is 5.78 Å². The molecule has 3 rings (SSSR count). The third-order valence-electron chi connectivity index (χ3n) is 5.59. The van der Waals surface area contributed by atoms with Crippen LogP contribution in [0.1, 0.15) is 41.4 Å². The van der Waals surface area contributed by atoms with E-state index >= 15 is 0 Å². The molecule has 0 N–H and O–H groups in total. The van der Waals surface area contributed by atoms with Crippen LogP contribution in [-0.2, 0) is 11.2 Å². The number of carbonyl (C=O) groups excluding carboxylic acids is 1. The first-order valence-corrected chi connectivity index (χ1v) is 10.0. The first-order chi connectivity index (χ1) is 13.5. The number of halogens is 1. The number of hydrogen-bond acceptors (Lipinski definition) is 4. The quantitative estimate of drug-likeness (QED) is 0.611. The fourth-order valence-corrected chi connectivity index (χ4v) is 3.86. The van der Waals surface area contributed by atoms with E-state index < -0.39 is 0 Å². The Kier molecular flexibility index (Phi) is 6.92. The maximum atomic E-state index is 13.1. The van der Waals surface area contributed by atoms with Crippen molar-refractivity contribution in [3.8, 4) is 0 Å². The lowest BCUT2D eigenvalue weighted by Crippen LogP contribution is -2.34. The molecule has 1 atom stereocenters. The molecule has 1 aliphatic rings. The summed E-state index contributed by atoms with van der Waals surface area (Å²) in [6, 6.07) is 10.5. The van der Waals surface area contributed by atoms with Crippen LogP contribution in [-0.4, -0.2) is 48.5 Å². The van der Waals surface area contributed by atoms with E-state index in [0.717, 1.165) is 43.6 Å². The van der Waals surface area contributed by atoms with Gasteiger partial charge in [0.05, 0.1) is 13.2 Å². The predicted molar refractivity (Wildman–Crippen MR) is 108 cm³/mol. The fraction of sp³-hybridized carbons (Fsp3) is 0.478. The second-order valence-electron chi connectivity index (χ2n) is 7.84. The molecule has 150 valence electrons. The number of benzene rings is 1. The van der Waals surface area contributed by atoms with Crippen LogP contribution in [0.5, 0.6) is 0 Å². The van der Waals surface area contributed by atoms with Gasteiger partial charge in [-0.2, -0.15) is 0 Å². The zero-order valence-electron chi connectivity index (χ0n) is 16.8. The van der Waals surface area contributed by atoms with Crippen molar-refractivity contribution in [1.29, 1.82) is 0 Å². The first-order valence-electron chi connectivity index (χ1n) is 10.0. The molecule has 2 heterocycles. The van der Waals surface area contributed by atoms with E-state index in [2.05, 4.69) is 9.88 Å². The number of likely N-dealkylation sites (tertiary alicyclic amines) is 1. The first kappa shape index (κ1) is 20.6. The number of ether oxygens (including phenoxy) is 1. The monoisotopic (exact) mass is 384 g/mol. The lowest BCUT2D eigenvalue weighted by Gasteiger charge is -2.29. The molecule has 0 bridgehead atoms. The molecule has 1 aromatic carbocycles.